The first-order valence-electron chi connectivity index (χ1n) is 8.08. The Balaban J connectivity index is 1.49. The van der Waals surface area contributed by atoms with Crippen molar-refractivity contribution >= 4 is 16.1 Å². The first kappa shape index (κ1) is 15.7. The molecule has 2 aliphatic rings. The summed E-state index contributed by atoms with van der Waals surface area (Å²) in [7, 11) is -3.07. The second-order valence-electron chi connectivity index (χ2n) is 6.27. The number of nitrogens with one attached hydrogen (secondary N) is 1. The van der Waals surface area contributed by atoms with Crippen molar-refractivity contribution in [2.75, 3.05) is 19.6 Å². The molecule has 0 bridgehead atoms. The first-order chi connectivity index (χ1) is 10.6. The molecule has 0 amide bonds. The summed E-state index contributed by atoms with van der Waals surface area (Å²) < 4.78 is 26.9. The minimum absolute atomic E-state index is 0.0736. The second kappa shape index (κ2) is 6.94. The maximum Gasteiger partial charge on any atom is 0.214 e. The van der Waals surface area contributed by atoms with Crippen LogP contribution in [-0.2, 0) is 10.0 Å². The molecular formula is C17H24N2O2S. The van der Waals surface area contributed by atoms with E-state index in [1.807, 2.05) is 18.2 Å². The Morgan fingerprint density at radius 3 is 2.68 bits per heavy atom. The Bertz CT molecular complexity index is 609. The molecule has 1 aromatic rings. The van der Waals surface area contributed by atoms with E-state index in [4.69, 9.17) is 0 Å². The molecule has 120 valence electrons. The standard InChI is InChI=1S/C17H24N2O2S/c20-22(21,17-10-11-17)18-16-9-5-13-19(14-16)12-4-8-15-6-2-1-3-7-15/h1-4,6-8,16-18H,5,9-14H2/b8-4+. The van der Waals surface area contributed by atoms with Gasteiger partial charge in [0.2, 0.25) is 10.0 Å². The second-order valence-corrected chi connectivity index (χ2v) is 8.27. The predicted octanol–water partition coefficient (Wildman–Crippen LogP) is 2.25. The van der Waals surface area contributed by atoms with Crippen LogP contribution in [0.1, 0.15) is 31.2 Å². The van der Waals surface area contributed by atoms with Crippen molar-refractivity contribution in [1.82, 2.24) is 9.62 Å². The van der Waals surface area contributed by atoms with Crippen LogP contribution in [0.5, 0.6) is 0 Å². The summed E-state index contributed by atoms with van der Waals surface area (Å²) in [5, 5.41) is -0.124. The fraction of sp³-hybridized carbons (Fsp3) is 0.529. The monoisotopic (exact) mass is 320 g/mol. The number of likely N-dealkylation sites (tertiary alicyclic amines) is 1. The predicted molar refractivity (Wildman–Crippen MR) is 90.0 cm³/mol. The average Bonchev–Trinajstić information content (AvgIpc) is 3.33. The summed E-state index contributed by atoms with van der Waals surface area (Å²) in [6.07, 6.45) is 7.93. The zero-order chi connectivity index (χ0) is 15.4. The van der Waals surface area contributed by atoms with Crippen molar-refractivity contribution < 1.29 is 8.42 Å². The minimum Gasteiger partial charge on any atom is -0.298 e. The average molecular weight is 320 g/mol. The van der Waals surface area contributed by atoms with Gasteiger partial charge in [-0.3, -0.25) is 4.90 Å². The molecule has 0 spiro atoms. The first-order valence-corrected chi connectivity index (χ1v) is 9.63. The molecule has 1 saturated heterocycles. The number of sulfonamides is 1. The van der Waals surface area contributed by atoms with Crippen molar-refractivity contribution in [2.24, 2.45) is 0 Å². The van der Waals surface area contributed by atoms with Crippen LogP contribution in [-0.4, -0.2) is 44.2 Å². The van der Waals surface area contributed by atoms with Gasteiger partial charge in [-0.25, -0.2) is 13.1 Å². The molecule has 5 heteroatoms. The quantitative estimate of drug-likeness (QED) is 0.874. The zero-order valence-electron chi connectivity index (χ0n) is 12.8. The van der Waals surface area contributed by atoms with Crippen LogP contribution in [0.2, 0.25) is 0 Å². The van der Waals surface area contributed by atoms with Crippen LogP contribution in [0, 0.1) is 0 Å². The SMILES string of the molecule is O=S(=O)(NC1CCCN(C/C=C/c2ccccc2)C1)C1CC1. The van der Waals surface area contributed by atoms with Crippen LogP contribution in [0.4, 0.5) is 0 Å². The highest BCUT2D eigenvalue weighted by Gasteiger charge is 2.37. The fourth-order valence-corrected chi connectivity index (χ4v) is 4.53. The summed E-state index contributed by atoms with van der Waals surface area (Å²) in [6.45, 7) is 2.72. The molecule has 22 heavy (non-hydrogen) atoms. The van der Waals surface area contributed by atoms with E-state index in [0.29, 0.717) is 0 Å². The topological polar surface area (TPSA) is 49.4 Å². The molecule has 1 heterocycles. The lowest BCUT2D eigenvalue weighted by Crippen LogP contribution is -2.48. The van der Waals surface area contributed by atoms with E-state index in [1.165, 1.54) is 5.56 Å². The Hall–Kier alpha value is -1.17. The number of hydrogen-bond donors (Lipinski definition) is 1. The van der Waals surface area contributed by atoms with E-state index in [9.17, 15) is 8.42 Å². The highest BCUT2D eigenvalue weighted by atomic mass is 32.2. The number of nitrogens with zero attached hydrogens (tertiary/aromatic N) is 1. The zero-order valence-corrected chi connectivity index (χ0v) is 13.6. The molecule has 1 aliphatic carbocycles. The Labute approximate surface area is 133 Å². The summed E-state index contributed by atoms with van der Waals surface area (Å²) >= 11 is 0. The van der Waals surface area contributed by atoms with Gasteiger partial charge in [0, 0.05) is 19.1 Å². The van der Waals surface area contributed by atoms with Crippen LogP contribution in [0.15, 0.2) is 36.4 Å². The maximum absolute atomic E-state index is 12.0. The van der Waals surface area contributed by atoms with Gasteiger partial charge >= 0.3 is 0 Å². The van der Waals surface area contributed by atoms with Gasteiger partial charge in [-0.15, -0.1) is 0 Å². The van der Waals surface area contributed by atoms with Crippen molar-refractivity contribution in [3.05, 3.63) is 42.0 Å². The largest absolute Gasteiger partial charge is 0.298 e. The molecule has 0 radical (unpaired) electrons. The fourth-order valence-electron chi connectivity index (χ4n) is 2.93. The molecule has 2 fully saturated rings. The lowest BCUT2D eigenvalue weighted by atomic mass is 10.1. The number of hydrogen-bond acceptors (Lipinski definition) is 3. The highest BCUT2D eigenvalue weighted by Crippen LogP contribution is 2.28. The third kappa shape index (κ3) is 4.41. The van der Waals surface area contributed by atoms with Gasteiger partial charge < -0.3 is 0 Å². The van der Waals surface area contributed by atoms with Crippen molar-refractivity contribution in [3.8, 4) is 0 Å². The molecular weight excluding hydrogens is 296 g/mol. The number of rotatable bonds is 6. The Morgan fingerprint density at radius 2 is 1.95 bits per heavy atom. The Morgan fingerprint density at radius 1 is 1.18 bits per heavy atom. The van der Waals surface area contributed by atoms with E-state index >= 15 is 0 Å². The summed E-state index contributed by atoms with van der Waals surface area (Å²) in [5.74, 6) is 0. The Kier molecular flexibility index (Phi) is 4.96. The normalized spacial score (nSPS) is 23.9. The van der Waals surface area contributed by atoms with Crippen LogP contribution >= 0.6 is 0 Å². The van der Waals surface area contributed by atoms with E-state index in [2.05, 4.69) is 33.9 Å². The van der Waals surface area contributed by atoms with Gasteiger partial charge in [0.25, 0.3) is 0 Å². The van der Waals surface area contributed by atoms with Gasteiger partial charge in [0.1, 0.15) is 0 Å². The van der Waals surface area contributed by atoms with Crippen LogP contribution < -0.4 is 4.72 Å². The molecule has 1 atom stereocenters. The third-order valence-corrected chi connectivity index (χ3v) is 6.28. The van der Waals surface area contributed by atoms with E-state index in [1.54, 1.807) is 0 Å². The molecule has 1 N–H and O–H groups in total. The summed E-state index contributed by atoms with van der Waals surface area (Å²) in [6, 6.07) is 10.3. The van der Waals surface area contributed by atoms with E-state index < -0.39 is 10.0 Å². The van der Waals surface area contributed by atoms with E-state index in [0.717, 1.165) is 45.3 Å². The molecule has 0 aromatic heterocycles. The van der Waals surface area contributed by atoms with Crippen LogP contribution in [0.3, 0.4) is 0 Å². The van der Waals surface area contributed by atoms with Gasteiger partial charge in [-0.05, 0) is 37.8 Å². The molecule has 1 saturated carbocycles. The van der Waals surface area contributed by atoms with Gasteiger partial charge in [-0.2, -0.15) is 0 Å². The summed E-state index contributed by atoms with van der Waals surface area (Å²) in [5.41, 5.74) is 1.20. The van der Waals surface area contributed by atoms with Gasteiger partial charge in [0.05, 0.1) is 5.25 Å². The molecule has 1 unspecified atom stereocenters. The smallest absolute Gasteiger partial charge is 0.214 e. The van der Waals surface area contributed by atoms with Crippen molar-refractivity contribution in [3.63, 3.8) is 0 Å². The van der Waals surface area contributed by atoms with Crippen molar-refractivity contribution in [2.45, 2.75) is 37.0 Å². The molecule has 1 aromatic carbocycles. The van der Waals surface area contributed by atoms with Gasteiger partial charge in [-0.1, -0.05) is 42.5 Å². The lowest BCUT2D eigenvalue weighted by molar-refractivity contribution is 0.221. The highest BCUT2D eigenvalue weighted by molar-refractivity contribution is 7.90. The van der Waals surface area contributed by atoms with Crippen LogP contribution in [0.25, 0.3) is 6.08 Å². The number of benzene rings is 1. The molecule has 1 aliphatic heterocycles. The maximum atomic E-state index is 12.0. The molecule has 4 nitrogen and oxygen atoms in total. The third-order valence-electron chi connectivity index (χ3n) is 4.27. The lowest BCUT2D eigenvalue weighted by Gasteiger charge is -2.32. The minimum atomic E-state index is -3.07. The van der Waals surface area contributed by atoms with Gasteiger partial charge in [0.15, 0.2) is 0 Å². The summed E-state index contributed by atoms with van der Waals surface area (Å²) in [4.78, 5) is 2.32. The molecule has 3 rings (SSSR count). The van der Waals surface area contributed by atoms with E-state index in [-0.39, 0.29) is 11.3 Å². The van der Waals surface area contributed by atoms with Crippen molar-refractivity contribution in [1.29, 1.82) is 0 Å². The number of piperidine rings is 1.